The molecule has 1 atom stereocenters. The average molecular weight is 475 g/mol. The van der Waals surface area contributed by atoms with Crippen LogP contribution in [0, 0.1) is 5.82 Å². The van der Waals surface area contributed by atoms with E-state index in [1.54, 1.807) is 0 Å². The molecule has 0 radical (unpaired) electrons. The van der Waals surface area contributed by atoms with Crippen LogP contribution in [0.2, 0.25) is 0 Å². The fourth-order valence-electron chi connectivity index (χ4n) is 4.25. The van der Waals surface area contributed by atoms with Gasteiger partial charge in [-0.2, -0.15) is 5.10 Å². The average Bonchev–Trinajstić information content (AvgIpc) is 3.50. The number of benzene rings is 1. The Morgan fingerprint density at radius 1 is 1.38 bits per heavy atom. The van der Waals surface area contributed by atoms with Crippen molar-refractivity contribution in [1.29, 1.82) is 0 Å². The molecular formula is C23H24F3N5O3. The van der Waals surface area contributed by atoms with Gasteiger partial charge in [0.25, 0.3) is 6.43 Å². The smallest absolute Gasteiger partial charge is 0.261 e. The van der Waals surface area contributed by atoms with E-state index in [4.69, 9.17) is 9.47 Å². The van der Waals surface area contributed by atoms with E-state index in [-0.39, 0.29) is 41.5 Å². The van der Waals surface area contributed by atoms with Crippen LogP contribution in [0.5, 0.6) is 11.5 Å². The zero-order valence-corrected chi connectivity index (χ0v) is 18.5. The first-order valence-electron chi connectivity index (χ1n) is 11.0. The Bertz CT molecular complexity index is 1210. The first-order chi connectivity index (χ1) is 16.4. The van der Waals surface area contributed by atoms with E-state index in [1.807, 2.05) is 7.05 Å². The third-order valence-corrected chi connectivity index (χ3v) is 6.55. The Morgan fingerprint density at radius 2 is 2.21 bits per heavy atom. The second-order valence-corrected chi connectivity index (χ2v) is 8.64. The van der Waals surface area contributed by atoms with Gasteiger partial charge in [-0.05, 0) is 44.5 Å². The number of halogens is 3. The molecule has 1 unspecified atom stereocenters. The van der Waals surface area contributed by atoms with Crippen molar-refractivity contribution < 1.29 is 27.4 Å². The monoisotopic (exact) mass is 475 g/mol. The number of hydrogen-bond donors (Lipinski definition) is 1. The maximum Gasteiger partial charge on any atom is 0.261 e. The van der Waals surface area contributed by atoms with Crippen molar-refractivity contribution >= 4 is 17.8 Å². The van der Waals surface area contributed by atoms with E-state index < -0.39 is 18.3 Å². The Hall–Kier alpha value is -3.34. The van der Waals surface area contributed by atoms with Crippen LogP contribution >= 0.6 is 0 Å². The number of carbonyl (C=O) groups is 1. The second kappa shape index (κ2) is 8.79. The lowest BCUT2D eigenvalue weighted by Gasteiger charge is -2.37. The Kier molecular flexibility index (Phi) is 5.80. The van der Waals surface area contributed by atoms with Gasteiger partial charge in [-0.3, -0.25) is 4.79 Å². The third-order valence-electron chi connectivity index (χ3n) is 6.55. The fourth-order valence-corrected chi connectivity index (χ4v) is 4.25. The number of aldehydes is 1. The van der Waals surface area contributed by atoms with E-state index in [1.165, 1.54) is 40.0 Å². The van der Waals surface area contributed by atoms with E-state index in [2.05, 4.69) is 15.4 Å². The number of anilines is 1. The van der Waals surface area contributed by atoms with E-state index in [0.29, 0.717) is 24.2 Å². The van der Waals surface area contributed by atoms with E-state index in [0.717, 1.165) is 19.3 Å². The molecule has 1 aromatic carbocycles. The topological polar surface area (TPSA) is 81.0 Å². The molecule has 2 aliphatic rings. The number of alkyl halides is 2. The molecule has 2 aromatic heterocycles. The Labute approximate surface area is 193 Å². The van der Waals surface area contributed by atoms with Gasteiger partial charge in [0.2, 0.25) is 0 Å². The number of rotatable bonds is 9. The molecule has 180 valence electrons. The molecule has 3 aromatic rings. The van der Waals surface area contributed by atoms with Gasteiger partial charge in [-0.15, -0.1) is 0 Å². The van der Waals surface area contributed by atoms with Crippen LogP contribution in [0.3, 0.4) is 0 Å². The number of nitrogens with zero attached hydrogens (tertiary/aromatic N) is 4. The van der Waals surface area contributed by atoms with Crippen LogP contribution in [0.4, 0.5) is 19.0 Å². The molecule has 8 nitrogen and oxygen atoms in total. The van der Waals surface area contributed by atoms with Gasteiger partial charge in [-0.25, -0.2) is 22.7 Å². The number of nitrogens with one attached hydrogen (secondary N) is 1. The van der Waals surface area contributed by atoms with Crippen LogP contribution in [0.15, 0.2) is 30.6 Å². The third kappa shape index (κ3) is 4.15. The predicted molar refractivity (Wildman–Crippen MR) is 117 cm³/mol. The summed E-state index contributed by atoms with van der Waals surface area (Å²) in [5, 5.41) is 7.35. The summed E-state index contributed by atoms with van der Waals surface area (Å²) in [6, 6.07) is 2.76. The minimum absolute atomic E-state index is 0.0800. The largest absolute Gasteiger partial charge is 0.493 e. The Morgan fingerprint density at radius 3 is 2.91 bits per heavy atom. The van der Waals surface area contributed by atoms with Gasteiger partial charge >= 0.3 is 0 Å². The van der Waals surface area contributed by atoms with Gasteiger partial charge < -0.3 is 19.7 Å². The van der Waals surface area contributed by atoms with Gasteiger partial charge in [0.15, 0.2) is 23.5 Å². The van der Waals surface area contributed by atoms with Crippen molar-refractivity contribution in [3.63, 3.8) is 0 Å². The van der Waals surface area contributed by atoms with Crippen molar-refractivity contribution in [2.75, 3.05) is 25.2 Å². The van der Waals surface area contributed by atoms with Crippen molar-refractivity contribution in [3.05, 3.63) is 47.5 Å². The van der Waals surface area contributed by atoms with E-state index in [9.17, 15) is 18.0 Å². The molecule has 1 aliphatic heterocycles. The number of hydrogen-bond acceptors (Lipinski definition) is 7. The SMILES string of the molecule is CNC1(CCOc2ccc(F)cc2CN2c3nc4c(C=O)cnn4cc3OCC2C(F)F)CC1. The summed E-state index contributed by atoms with van der Waals surface area (Å²) in [6.07, 6.45) is 3.61. The molecule has 3 heterocycles. The summed E-state index contributed by atoms with van der Waals surface area (Å²) in [5.41, 5.74) is 0.935. The van der Waals surface area contributed by atoms with Crippen LogP contribution in [-0.2, 0) is 6.54 Å². The van der Waals surface area contributed by atoms with Gasteiger partial charge in [0, 0.05) is 17.6 Å². The van der Waals surface area contributed by atoms with E-state index >= 15 is 0 Å². The van der Waals surface area contributed by atoms with Crippen molar-refractivity contribution in [2.45, 2.75) is 43.8 Å². The summed E-state index contributed by atoms with van der Waals surface area (Å²) in [6.45, 7) is 0.0497. The summed E-state index contributed by atoms with van der Waals surface area (Å²) in [4.78, 5) is 17.1. The van der Waals surface area contributed by atoms with Gasteiger partial charge in [0.1, 0.15) is 24.2 Å². The molecule has 5 rings (SSSR count). The molecule has 1 saturated carbocycles. The van der Waals surface area contributed by atoms with Crippen LogP contribution < -0.4 is 19.7 Å². The first-order valence-corrected chi connectivity index (χ1v) is 11.0. The standard InChI is InChI=1S/C23H24F3N5O3/c1-27-23(4-5-23)6-7-33-18-3-2-16(24)8-14(18)10-30-17(20(25)26)13-34-19-11-31-21(29-22(19)30)15(12-32)9-28-31/h2-3,8-9,11-12,17,20,27H,4-7,10,13H2,1H3. The lowest BCUT2D eigenvalue weighted by molar-refractivity contribution is 0.0766. The predicted octanol–water partition coefficient (Wildman–Crippen LogP) is 3.23. The van der Waals surface area contributed by atoms with Crippen molar-refractivity contribution in [1.82, 2.24) is 19.9 Å². The number of aromatic nitrogens is 3. The van der Waals surface area contributed by atoms with Crippen LogP contribution in [0.25, 0.3) is 5.65 Å². The molecule has 0 saturated heterocycles. The minimum atomic E-state index is -2.75. The van der Waals surface area contributed by atoms with Gasteiger partial charge in [0.05, 0.1) is 24.6 Å². The maximum atomic E-state index is 14.2. The highest BCUT2D eigenvalue weighted by Gasteiger charge is 2.40. The fraction of sp³-hybridized carbons (Fsp3) is 0.435. The van der Waals surface area contributed by atoms with Crippen LogP contribution in [-0.4, -0.2) is 59.2 Å². The summed E-state index contributed by atoms with van der Waals surface area (Å²) in [7, 11) is 1.91. The van der Waals surface area contributed by atoms with Crippen LogP contribution in [0.1, 0.15) is 35.2 Å². The molecule has 11 heteroatoms. The first kappa shape index (κ1) is 22.5. The molecular weight excluding hydrogens is 451 g/mol. The second-order valence-electron chi connectivity index (χ2n) is 8.64. The molecule has 0 bridgehead atoms. The quantitative estimate of drug-likeness (QED) is 0.476. The molecule has 1 aliphatic carbocycles. The minimum Gasteiger partial charge on any atom is -0.493 e. The lowest BCUT2D eigenvalue weighted by atomic mass is 10.1. The summed E-state index contributed by atoms with van der Waals surface area (Å²) >= 11 is 0. The molecule has 0 amide bonds. The zero-order chi connectivity index (χ0) is 23.9. The van der Waals surface area contributed by atoms with Crippen molar-refractivity contribution in [3.8, 4) is 11.5 Å². The molecule has 34 heavy (non-hydrogen) atoms. The normalized spacial score (nSPS) is 18.6. The molecule has 0 spiro atoms. The number of fused-ring (bicyclic) bond motifs is 2. The summed E-state index contributed by atoms with van der Waals surface area (Å²) < 4.78 is 55.0. The lowest BCUT2D eigenvalue weighted by Crippen LogP contribution is -2.47. The highest BCUT2D eigenvalue weighted by atomic mass is 19.3. The highest BCUT2D eigenvalue weighted by molar-refractivity contribution is 5.84. The Balaban J connectivity index is 1.47. The molecule has 1 N–H and O–H groups in total. The van der Waals surface area contributed by atoms with Crippen molar-refractivity contribution in [2.24, 2.45) is 0 Å². The highest BCUT2D eigenvalue weighted by Crippen LogP contribution is 2.39. The maximum absolute atomic E-state index is 14.2. The zero-order valence-electron chi connectivity index (χ0n) is 18.5. The number of ether oxygens (including phenoxy) is 2. The van der Waals surface area contributed by atoms with Gasteiger partial charge in [-0.1, -0.05) is 0 Å². The number of carbonyl (C=O) groups excluding carboxylic acids is 1. The summed E-state index contributed by atoms with van der Waals surface area (Å²) in [5.74, 6) is 0.303. The molecule has 1 fully saturated rings.